The molecule has 0 bridgehead atoms. The molecule has 2 heterocycles. The number of pyridine rings is 1. The molecule has 2 aromatic heterocycles. The topological polar surface area (TPSA) is 84.0 Å². The Hall–Kier alpha value is -3.58. The van der Waals surface area contributed by atoms with Crippen molar-refractivity contribution < 1.29 is 9.59 Å². The first kappa shape index (κ1) is 17.8. The summed E-state index contributed by atoms with van der Waals surface area (Å²) in [5, 5.41) is 8.52. The molecule has 2 amide bonds. The second kappa shape index (κ2) is 7.98. The van der Waals surface area contributed by atoms with Gasteiger partial charge in [0.2, 0.25) is 5.91 Å². The molecule has 4 rings (SSSR count). The van der Waals surface area contributed by atoms with E-state index in [9.17, 15) is 9.59 Å². The van der Waals surface area contributed by atoms with Crippen molar-refractivity contribution in [3.8, 4) is 0 Å². The monoisotopic (exact) mass is 388 g/mol. The van der Waals surface area contributed by atoms with E-state index < -0.39 is 0 Å². The summed E-state index contributed by atoms with van der Waals surface area (Å²) in [5.41, 5.74) is 2.49. The third-order valence-electron chi connectivity index (χ3n) is 4.07. The zero-order chi connectivity index (χ0) is 19.3. The van der Waals surface area contributed by atoms with Gasteiger partial charge in [-0.1, -0.05) is 48.5 Å². The number of hydrogen-bond donors (Lipinski definition) is 2. The van der Waals surface area contributed by atoms with Gasteiger partial charge in [0.05, 0.1) is 17.6 Å². The standard InChI is InChI=1S/C21H16N4O2S/c26-18(12-14-6-2-1-3-7-14)25-21-24-17(13-28-21)20(27)23-16-10-4-8-15-9-5-11-22-19(15)16/h1-11,13H,12H2,(H,23,27)(H,24,25,26). The fraction of sp³-hybridized carbons (Fsp3) is 0.0476. The highest BCUT2D eigenvalue weighted by molar-refractivity contribution is 7.14. The molecule has 0 radical (unpaired) electrons. The first-order chi connectivity index (χ1) is 13.7. The number of hydrogen-bond acceptors (Lipinski definition) is 5. The molecule has 0 aliphatic carbocycles. The number of amides is 2. The average Bonchev–Trinajstić information content (AvgIpc) is 3.17. The Morgan fingerprint density at radius 1 is 0.929 bits per heavy atom. The van der Waals surface area contributed by atoms with Gasteiger partial charge >= 0.3 is 0 Å². The highest BCUT2D eigenvalue weighted by atomic mass is 32.1. The third-order valence-corrected chi connectivity index (χ3v) is 4.83. The molecule has 0 atom stereocenters. The van der Waals surface area contributed by atoms with Gasteiger partial charge in [0.1, 0.15) is 5.69 Å². The molecule has 7 heteroatoms. The maximum Gasteiger partial charge on any atom is 0.275 e. The molecule has 0 aliphatic heterocycles. The highest BCUT2D eigenvalue weighted by Gasteiger charge is 2.14. The minimum Gasteiger partial charge on any atom is -0.319 e. The number of nitrogens with one attached hydrogen (secondary N) is 2. The number of fused-ring (bicyclic) bond motifs is 1. The summed E-state index contributed by atoms with van der Waals surface area (Å²) in [6, 6.07) is 18.8. The van der Waals surface area contributed by atoms with E-state index in [1.807, 2.05) is 54.6 Å². The lowest BCUT2D eigenvalue weighted by Crippen LogP contribution is -2.15. The smallest absolute Gasteiger partial charge is 0.275 e. The average molecular weight is 388 g/mol. The highest BCUT2D eigenvalue weighted by Crippen LogP contribution is 2.22. The lowest BCUT2D eigenvalue weighted by molar-refractivity contribution is -0.115. The molecule has 0 unspecified atom stereocenters. The van der Waals surface area contributed by atoms with E-state index in [1.54, 1.807) is 17.6 Å². The van der Waals surface area contributed by atoms with E-state index >= 15 is 0 Å². The van der Waals surface area contributed by atoms with Crippen LogP contribution in [0.25, 0.3) is 10.9 Å². The van der Waals surface area contributed by atoms with Gasteiger partial charge in [0.15, 0.2) is 5.13 Å². The van der Waals surface area contributed by atoms with Crippen LogP contribution in [0.4, 0.5) is 10.8 Å². The summed E-state index contributed by atoms with van der Waals surface area (Å²) in [5.74, 6) is -0.524. The SMILES string of the molecule is O=C(Cc1ccccc1)Nc1nc(C(=O)Nc2cccc3cccnc23)cs1. The second-order valence-electron chi connectivity index (χ2n) is 6.08. The van der Waals surface area contributed by atoms with Crippen molar-refractivity contribution in [2.24, 2.45) is 0 Å². The van der Waals surface area contributed by atoms with Crippen LogP contribution < -0.4 is 10.6 Å². The summed E-state index contributed by atoms with van der Waals surface area (Å²) in [7, 11) is 0. The molecule has 2 aromatic carbocycles. The van der Waals surface area contributed by atoms with Crippen molar-refractivity contribution in [3.05, 3.63) is 83.5 Å². The zero-order valence-electron chi connectivity index (χ0n) is 14.8. The van der Waals surface area contributed by atoms with Crippen molar-refractivity contribution in [2.45, 2.75) is 6.42 Å². The summed E-state index contributed by atoms with van der Waals surface area (Å²) < 4.78 is 0. The van der Waals surface area contributed by atoms with Gasteiger partial charge in [-0.05, 0) is 17.7 Å². The molecule has 28 heavy (non-hydrogen) atoms. The predicted octanol–water partition coefficient (Wildman–Crippen LogP) is 4.12. The Kier molecular flexibility index (Phi) is 5.07. The van der Waals surface area contributed by atoms with Crippen LogP contribution in [0.2, 0.25) is 0 Å². The number of benzene rings is 2. The number of carbonyl (C=O) groups is 2. The van der Waals surface area contributed by atoms with Gasteiger partial charge in [-0.15, -0.1) is 11.3 Å². The van der Waals surface area contributed by atoms with Crippen molar-refractivity contribution in [1.29, 1.82) is 0 Å². The van der Waals surface area contributed by atoms with Crippen LogP contribution in [0.15, 0.2) is 72.2 Å². The van der Waals surface area contributed by atoms with E-state index in [4.69, 9.17) is 0 Å². The first-order valence-corrected chi connectivity index (χ1v) is 9.51. The van der Waals surface area contributed by atoms with Crippen molar-refractivity contribution in [1.82, 2.24) is 9.97 Å². The predicted molar refractivity (Wildman–Crippen MR) is 111 cm³/mol. The summed E-state index contributed by atoms with van der Waals surface area (Å²) in [4.78, 5) is 33.2. The van der Waals surface area contributed by atoms with Crippen LogP contribution in [-0.2, 0) is 11.2 Å². The minimum atomic E-state index is -0.349. The van der Waals surface area contributed by atoms with Gasteiger partial charge in [-0.25, -0.2) is 4.98 Å². The Balaban J connectivity index is 1.43. The van der Waals surface area contributed by atoms with Gasteiger partial charge in [-0.2, -0.15) is 0 Å². The van der Waals surface area contributed by atoms with Crippen LogP contribution in [-0.4, -0.2) is 21.8 Å². The van der Waals surface area contributed by atoms with Crippen LogP contribution in [0.1, 0.15) is 16.1 Å². The molecule has 0 aliphatic rings. The van der Waals surface area contributed by atoms with E-state index in [2.05, 4.69) is 20.6 Å². The normalized spacial score (nSPS) is 10.6. The van der Waals surface area contributed by atoms with Crippen LogP contribution in [0, 0.1) is 0 Å². The van der Waals surface area contributed by atoms with Gasteiger partial charge in [0.25, 0.3) is 5.91 Å². The molecule has 0 saturated carbocycles. The largest absolute Gasteiger partial charge is 0.319 e. The Morgan fingerprint density at radius 2 is 1.75 bits per heavy atom. The zero-order valence-corrected chi connectivity index (χ0v) is 15.6. The lowest BCUT2D eigenvalue weighted by Gasteiger charge is -2.06. The first-order valence-electron chi connectivity index (χ1n) is 8.63. The lowest BCUT2D eigenvalue weighted by atomic mass is 10.1. The molecular weight excluding hydrogens is 372 g/mol. The van der Waals surface area contributed by atoms with Crippen LogP contribution in [0.3, 0.4) is 0 Å². The molecule has 4 aromatic rings. The Bertz CT molecular complexity index is 1140. The quantitative estimate of drug-likeness (QED) is 0.539. The second-order valence-corrected chi connectivity index (χ2v) is 6.94. The van der Waals surface area contributed by atoms with E-state index in [0.29, 0.717) is 16.3 Å². The molecule has 6 nitrogen and oxygen atoms in total. The van der Waals surface area contributed by atoms with Crippen molar-refractivity contribution in [2.75, 3.05) is 10.6 Å². The van der Waals surface area contributed by atoms with Gasteiger partial charge < -0.3 is 10.6 Å². The number of aromatic nitrogens is 2. The molecule has 0 spiro atoms. The Labute approximate surface area is 165 Å². The van der Waals surface area contributed by atoms with Crippen molar-refractivity contribution >= 4 is 44.9 Å². The van der Waals surface area contributed by atoms with E-state index in [1.165, 1.54) is 11.3 Å². The number of anilines is 2. The molecule has 138 valence electrons. The molecule has 0 saturated heterocycles. The maximum absolute atomic E-state index is 12.5. The minimum absolute atomic E-state index is 0.175. The Morgan fingerprint density at radius 3 is 2.61 bits per heavy atom. The van der Waals surface area contributed by atoms with Crippen LogP contribution >= 0.6 is 11.3 Å². The summed E-state index contributed by atoms with van der Waals surface area (Å²) in [6.07, 6.45) is 1.94. The molecule has 2 N–H and O–H groups in total. The van der Waals surface area contributed by atoms with Crippen LogP contribution in [0.5, 0.6) is 0 Å². The summed E-state index contributed by atoms with van der Waals surface area (Å²) >= 11 is 1.21. The van der Waals surface area contributed by atoms with Gasteiger partial charge in [0, 0.05) is 17.0 Å². The van der Waals surface area contributed by atoms with E-state index in [-0.39, 0.29) is 23.9 Å². The fourth-order valence-electron chi connectivity index (χ4n) is 2.77. The maximum atomic E-state index is 12.5. The van der Waals surface area contributed by atoms with Gasteiger partial charge in [-0.3, -0.25) is 14.6 Å². The van der Waals surface area contributed by atoms with E-state index in [0.717, 1.165) is 10.9 Å². The number of thiazole rings is 1. The molecular formula is C21H16N4O2S. The number of para-hydroxylation sites is 1. The number of rotatable bonds is 5. The number of nitrogens with zero attached hydrogens (tertiary/aromatic N) is 2. The van der Waals surface area contributed by atoms with Crippen molar-refractivity contribution in [3.63, 3.8) is 0 Å². The third kappa shape index (κ3) is 4.05. The fourth-order valence-corrected chi connectivity index (χ4v) is 3.48. The molecule has 0 fully saturated rings. The summed E-state index contributed by atoms with van der Waals surface area (Å²) in [6.45, 7) is 0. The number of carbonyl (C=O) groups excluding carboxylic acids is 2.